The summed E-state index contributed by atoms with van der Waals surface area (Å²) in [6.07, 6.45) is 0. The summed E-state index contributed by atoms with van der Waals surface area (Å²) in [5.41, 5.74) is 4.43. The average molecular weight is 462 g/mol. The first-order chi connectivity index (χ1) is 15.4. The van der Waals surface area contributed by atoms with Crippen LogP contribution in [-0.2, 0) is 4.79 Å². The Morgan fingerprint density at radius 2 is 1.69 bits per heavy atom. The number of nitrogens with zero attached hydrogens (tertiary/aromatic N) is 1. The van der Waals surface area contributed by atoms with Crippen molar-refractivity contribution in [3.63, 3.8) is 0 Å². The molecule has 162 valence electrons. The van der Waals surface area contributed by atoms with E-state index in [1.165, 1.54) is 28.7 Å². The lowest BCUT2D eigenvalue weighted by Crippen LogP contribution is -2.22. The molecule has 2 amide bonds. The average Bonchev–Trinajstić information content (AvgIpc) is 3.16. The van der Waals surface area contributed by atoms with Gasteiger partial charge in [0.25, 0.3) is 5.91 Å². The Morgan fingerprint density at radius 3 is 2.44 bits per heavy atom. The van der Waals surface area contributed by atoms with Crippen LogP contribution in [0.15, 0.2) is 71.6 Å². The fourth-order valence-electron chi connectivity index (χ4n) is 3.16. The molecule has 4 rings (SSSR count). The summed E-state index contributed by atoms with van der Waals surface area (Å²) in [4.78, 5) is 30.5. The van der Waals surface area contributed by atoms with E-state index in [2.05, 4.69) is 21.7 Å². The number of anilines is 2. The predicted octanol–water partition coefficient (Wildman–Crippen LogP) is 6.28. The number of carbonyl (C=O) groups excluding carboxylic acids is 2. The van der Waals surface area contributed by atoms with Gasteiger partial charge in [0.1, 0.15) is 0 Å². The van der Waals surface area contributed by atoms with Gasteiger partial charge in [-0.2, -0.15) is 0 Å². The molecule has 0 saturated carbocycles. The van der Waals surface area contributed by atoms with Crippen LogP contribution in [0.2, 0.25) is 0 Å². The van der Waals surface area contributed by atoms with Crippen LogP contribution in [0, 0.1) is 13.8 Å². The number of hydrogen-bond donors (Lipinski definition) is 2. The van der Waals surface area contributed by atoms with Crippen molar-refractivity contribution in [2.24, 2.45) is 0 Å². The van der Waals surface area contributed by atoms with Gasteiger partial charge < -0.3 is 10.6 Å². The second-order valence-electron chi connectivity index (χ2n) is 7.59. The molecule has 4 aromatic rings. The Kier molecular flexibility index (Phi) is 6.58. The molecule has 0 bridgehead atoms. The third-order valence-corrected chi connectivity index (χ3v) is 6.89. The molecular weight excluding hydrogens is 438 g/mol. The molecule has 3 aromatic carbocycles. The third kappa shape index (κ3) is 5.36. The van der Waals surface area contributed by atoms with E-state index in [9.17, 15) is 9.59 Å². The normalized spacial score (nSPS) is 11.8. The van der Waals surface area contributed by atoms with E-state index in [1.54, 1.807) is 6.07 Å². The number of nitrogens with one attached hydrogen (secondary N) is 2. The van der Waals surface area contributed by atoms with Crippen molar-refractivity contribution in [1.82, 2.24) is 4.98 Å². The molecule has 32 heavy (non-hydrogen) atoms. The molecule has 2 N–H and O–H groups in total. The van der Waals surface area contributed by atoms with E-state index in [0.29, 0.717) is 16.4 Å². The van der Waals surface area contributed by atoms with Gasteiger partial charge in [-0.1, -0.05) is 35.1 Å². The number of aryl methyl sites for hydroxylation is 2. The SMILES string of the molecule is Cc1cccc(C(=O)Nc2ccc(SC(C)C(=O)Nc3nc4ccc(C)cc4s3)cc2)c1. The van der Waals surface area contributed by atoms with E-state index < -0.39 is 0 Å². The van der Waals surface area contributed by atoms with E-state index in [-0.39, 0.29) is 17.1 Å². The smallest absolute Gasteiger partial charge is 0.255 e. The molecule has 7 heteroatoms. The highest BCUT2D eigenvalue weighted by atomic mass is 32.2. The number of thioether (sulfide) groups is 1. The molecule has 0 fully saturated rings. The van der Waals surface area contributed by atoms with E-state index in [1.807, 2.05) is 75.4 Å². The monoisotopic (exact) mass is 461 g/mol. The summed E-state index contributed by atoms with van der Waals surface area (Å²) in [6.45, 7) is 5.86. The van der Waals surface area contributed by atoms with Gasteiger partial charge >= 0.3 is 0 Å². The van der Waals surface area contributed by atoms with Gasteiger partial charge in [-0.25, -0.2) is 4.98 Å². The number of hydrogen-bond acceptors (Lipinski definition) is 5. The van der Waals surface area contributed by atoms with Gasteiger partial charge in [0.15, 0.2) is 5.13 Å². The van der Waals surface area contributed by atoms with Crippen molar-refractivity contribution in [3.8, 4) is 0 Å². The zero-order valence-corrected chi connectivity index (χ0v) is 19.6. The largest absolute Gasteiger partial charge is 0.322 e. The second-order valence-corrected chi connectivity index (χ2v) is 10.0. The first-order valence-corrected chi connectivity index (χ1v) is 11.9. The van der Waals surface area contributed by atoms with Gasteiger partial charge in [0, 0.05) is 16.1 Å². The molecular formula is C25H23N3O2S2. The van der Waals surface area contributed by atoms with E-state index >= 15 is 0 Å². The molecule has 1 heterocycles. The van der Waals surface area contributed by atoms with Crippen LogP contribution in [0.25, 0.3) is 10.2 Å². The maximum Gasteiger partial charge on any atom is 0.255 e. The predicted molar refractivity (Wildman–Crippen MR) is 134 cm³/mol. The van der Waals surface area contributed by atoms with Crippen molar-refractivity contribution in [3.05, 3.63) is 83.4 Å². The highest BCUT2D eigenvalue weighted by molar-refractivity contribution is 8.00. The zero-order valence-electron chi connectivity index (χ0n) is 18.0. The van der Waals surface area contributed by atoms with Crippen LogP contribution in [0.5, 0.6) is 0 Å². The van der Waals surface area contributed by atoms with Crippen molar-refractivity contribution < 1.29 is 9.59 Å². The number of carbonyl (C=O) groups is 2. The fourth-order valence-corrected chi connectivity index (χ4v) is 4.99. The minimum atomic E-state index is -0.295. The summed E-state index contributed by atoms with van der Waals surface area (Å²) in [5, 5.41) is 6.14. The van der Waals surface area contributed by atoms with Crippen molar-refractivity contribution >= 4 is 55.9 Å². The van der Waals surface area contributed by atoms with Crippen LogP contribution in [-0.4, -0.2) is 22.0 Å². The molecule has 0 aliphatic heterocycles. The van der Waals surface area contributed by atoms with E-state index in [0.717, 1.165) is 20.7 Å². The van der Waals surface area contributed by atoms with Crippen LogP contribution < -0.4 is 10.6 Å². The lowest BCUT2D eigenvalue weighted by molar-refractivity contribution is -0.115. The molecule has 0 saturated heterocycles. The van der Waals surface area contributed by atoms with Gasteiger partial charge in [0.2, 0.25) is 5.91 Å². The van der Waals surface area contributed by atoms with Crippen molar-refractivity contribution in [1.29, 1.82) is 0 Å². The Hall–Kier alpha value is -3.16. The molecule has 1 aromatic heterocycles. The summed E-state index contributed by atoms with van der Waals surface area (Å²) in [5.74, 6) is -0.240. The zero-order chi connectivity index (χ0) is 22.7. The summed E-state index contributed by atoms with van der Waals surface area (Å²) < 4.78 is 1.06. The van der Waals surface area contributed by atoms with Crippen molar-refractivity contribution in [2.75, 3.05) is 10.6 Å². The minimum Gasteiger partial charge on any atom is -0.322 e. The number of amides is 2. The molecule has 1 atom stereocenters. The van der Waals surface area contributed by atoms with Crippen molar-refractivity contribution in [2.45, 2.75) is 30.9 Å². The third-order valence-electron chi connectivity index (χ3n) is 4.85. The first-order valence-electron chi connectivity index (χ1n) is 10.2. The van der Waals surface area contributed by atoms with Crippen LogP contribution in [0.3, 0.4) is 0 Å². The van der Waals surface area contributed by atoms with Crippen LogP contribution in [0.1, 0.15) is 28.4 Å². The van der Waals surface area contributed by atoms with Gasteiger partial charge in [-0.15, -0.1) is 11.8 Å². The highest BCUT2D eigenvalue weighted by Crippen LogP contribution is 2.29. The van der Waals surface area contributed by atoms with Gasteiger partial charge in [0.05, 0.1) is 15.5 Å². The molecule has 5 nitrogen and oxygen atoms in total. The maximum absolute atomic E-state index is 12.6. The van der Waals surface area contributed by atoms with Crippen LogP contribution in [0.4, 0.5) is 10.8 Å². The van der Waals surface area contributed by atoms with E-state index in [4.69, 9.17) is 0 Å². The summed E-state index contributed by atoms with van der Waals surface area (Å²) >= 11 is 2.94. The molecule has 1 unspecified atom stereocenters. The molecule has 0 radical (unpaired) electrons. The Morgan fingerprint density at radius 1 is 0.938 bits per heavy atom. The lowest BCUT2D eigenvalue weighted by Gasteiger charge is -2.11. The Labute approximate surface area is 195 Å². The fraction of sp³-hybridized carbons (Fsp3) is 0.160. The molecule has 0 spiro atoms. The van der Waals surface area contributed by atoms with Gasteiger partial charge in [-0.05, 0) is 74.9 Å². The summed E-state index contributed by atoms with van der Waals surface area (Å²) in [7, 11) is 0. The number of aromatic nitrogens is 1. The topological polar surface area (TPSA) is 71.1 Å². The maximum atomic E-state index is 12.6. The number of benzene rings is 3. The molecule has 0 aliphatic carbocycles. The summed E-state index contributed by atoms with van der Waals surface area (Å²) in [6, 6.07) is 21.0. The minimum absolute atomic E-state index is 0.0948. The lowest BCUT2D eigenvalue weighted by atomic mass is 10.1. The first kappa shape index (κ1) is 22.0. The molecule has 0 aliphatic rings. The van der Waals surface area contributed by atoms with Crippen LogP contribution >= 0.6 is 23.1 Å². The number of rotatable bonds is 6. The number of fused-ring (bicyclic) bond motifs is 1. The highest BCUT2D eigenvalue weighted by Gasteiger charge is 2.17. The second kappa shape index (κ2) is 9.54. The quantitative estimate of drug-likeness (QED) is 0.331. The standard InChI is InChI=1S/C25H23N3O2S2/c1-15-5-4-6-18(13-15)24(30)26-19-8-10-20(11-9-19)31-17(3)23(29)28-25-27-21-12-7-16(2)14-22(21)32-25/h4-14,17H,1-3H3,(H,26,30)(H,27,28,29). The Balaban J connectivity index is 1.34. The Bertz CT molecular complexity index is 1280. The number of thiazole rings is 1. The van der Waals surface area contributed by atoms with Gasteiger partial charge in [-0.3, -0.25) is 9.59 Å².